The summed E-state index contributed by atoms with van der Waals surface area (Å²) in [5.41, 5.74) is 4.89. The van der Waals surface area contributed by atoms with Crippen molar-refractivity contribution >= 4 is 5.91 Å². The van der Waals surface area contributed by atoms with E-state index in [1.807, 2.05) is 27.0 Å². The molecule has 4 nitrogen and oxygen atoms in total. The molecular weight excluding hydrogens is 180 g/mol. The molecule has 1 aliphatic rings. The minimum atomic E-state index is -0.406. The molecule has 1 heterocycles. The fourth-order valence-corrected chi connectivity index (χ4v) is 1.32. The van der Waals surface area contributed by atoms with Crippen LogP contribution in [0.15, 0.2) is 12.2 Å². The Hall–Kier alpha value is -0.870. The smallest absolute Gasteiger partial charge is 0.241 e. The average Bonchev–Trinajstić information content (AvgIpc) is 1.98. The second-order valence-corrected chi connectivity index (χ2v) is 4.19. The minimum Gasteiger partial charge on any atom is -0.378 e. The summed E-state index contributed by atoms with van der Waals surface area (Å²) >= 11 is 0. The lowest BCUT2D eigenvalue weighted by Crippen LogP contribution is -2.55. The summed E-state index contributed by atoms with van der Waals surface area (Å²) in [5, 5.41) is 0. The molecule has 4 heteroatoms. The van der Waals surface area contributed by atoms with Gasteiger partial charge in [-0.15, -0.1) is 0 Å². The van der Waals surface area contributed by atoms with Crippen LogP contribution in [0.3, 0.4) is 0 Å². The van der Waals surface area contributed by atoms with E-state index in [0.717, 1.165) is 13.2 Å². The van der Waals surface area contributed by atoms with Crippen LogP contribution in [-0.4, -0.2) is 42.6 Å². The molecule has 0 aliphatic carbocycles. The maximum Gasteiger partial charge on any atom is 0.241 e. The number of hydrogen-bond donors (Lipinski definition) is 1. The van der Waals surface area contributed by atoms with E-state index in [9.17, 15) is 4.79 Å². The van der Waals surface area contributed by atoms with E-state index in [4.69, 9.17) is 10.5 Å². The molecule has 0 radical (unpaired) electrons. The highest BCUT2D eigenvalue weighted by molar-refractivity contribution is 5.85. The summed E-state index contributed by atoms with van der Waals surface area (Å²) in [6.45, 7) is 5.63. The topological polar surface area (TPSA) is 55.6 Å². The number of nitrogens with two attached hydrogens (primary N) is 1. The lowest BCUT2D eigenvalue weighted by atomic mass is 9.99. The largest absolute Gasteiger partial charge is 0.378 e. The first-order chi connectivity index (χ1) is 6.43. The van der Waals surface area contributed by atoms with Crippen molar-refractivity contribution in [3.63, 3.8) is 0 Å². The quantitative estimate of drug-likeness (QED) is 0.654. The normalized spacial score (nSPS) is 18.9. The van der Waals surface area contributed by atoms with Gasteiger partial charge in [0.2, 0.25) is 5.91 Å². The molecule has 1 amide bonds. The summed E-state index contributed by atoms with van der Waals surface area (Å²) in [7, 11) is 2.03. The Morgan fingerprint density at radius 1 is 1.57 bits per heavy atom. The van der Waals surface area contributed by atoms with Gasteiger partial charge in [0.25, 0.3) is 0 Å². The Morgan fingerprint density at radius 2 is 2.14 bits per heavy atom. The summed E-state index contributed by atoms with van der Waals surface area (Å²) in [6.07, 6.45) is 3.24. The minimum absolute atomic E-state index is 0.163. The molecule has 0 spiro atoms. The van der Waals surface area contributed by atoms with E-state index in [-0.39, 0.29) is 5.54 Å². The van der Waals surface area contributed by atoms with Crippen LogP contribution in [0.5, 0.6) is 0 Å². The van der Waals surface area contributed by atoms with Crippen LogP contribution in [0.25, 0.3) is 0 Å². The van der Waals surface area contributed by atoms with Crippen molar-refractivity contribution in [2.75, 3.05) is 20.3 Å². The van der Waals surface area contributed by atoms with Crippen LogP contribution in [0.1, 0.15) is 13.8 Å². The molecule has 0 aromatic heterocycles. The Labute approximate surface area is 84.7 Å². The van der Waals surface area contributed by atoms with Gasteiger partial charge in [0, 0.05) is 11.6 Å². The number of amides is 1. The van der Waals surface area contributed by atoms with Gasteiger partial charge in [0.05, 0.1) is 19.3 Å². The van der Waals surface area contributed by atoms with Gasteiger partial charge in [-0.2, -0.15) is 0 Å². The molecule has 0 aromatic carbocycles. The van der Waals surface area contributed by atoms with E-state index >= 15 is 0 Å². The second kappa shape index (κ2) is 4.11. The molecule has 0 unspecified atom stereocenters. The highest BCUT2D eigenvalue weighted by atomic mass is 16.5. The van der Waals surface area contributed by atoms with Crippen LogP contribution in [0, 0.1) is 0 Å². The second-order valence-electron chi connectivity index (χ2n) is 4.19. The predicted molar refractivity (Wildman–Crippen MR) is 54.8 cm³/mol. The molecule has 0 saturated carbocycles. The van der Waals surface area contributed by atoms with Gasteiger partial charge in [-0.05, 0) is 20.9 Å². The van der Waals surface area contributed by atoms with E-state index < -0.39 is 5.91 Å². The number of carbonyl (C=O) groups excluding carboxylic acids is 1. The fraction of sp³-hybridized carbons (Fsp3) is 0.700. The lowest BCUT2D eigenvalue weighted by molar-refractivity contribution is -0.113. The molecule has 0 atom stereocenters. The van der Waals surface area contributed by atoms with Gasteiger partial charge < -0.3 is 10.5 Å². The standard InChI is InChI=1S/C10H18N2O2/c1-10(2,5-4-9(11)13)12(3)8-6-14-7-8/h4-5,8H,6-7H2,1-3H3,(H2,11,13)/b5-4+. The number of likely N-dealkylation sites (N-methyl/N-ethyl adjacent to an activating group) is 1. The molecule has 1 aliphatic heterocycles. The molecule has 14 heavy (non-hydrogen) atoms. The third kappa shape index (κ3) is 2.56. The Bertz CT molecular complexity index is 245. The first-order valence-corrected chi connectivity index (χ1v) is 4.73. The van der Waals surface area contributed by atoms with Crippen LogP contribution in [0.4, 0.5) is 0 Å². The first kappa shape index (κ1) is 11.2. The molecular formula is C10H18N2O2. The molecule has 1 saturated heterocycles. The summed E-state index contributed by atoms with van der Waals surface area (Å²) < 4.78 is 5.12. The van der Waals surface area contributed by atoms with Crippen molar-refractivity contribution in [3.8, 4) is 0 Å². The number of rotatable bonds is 4. The SMILES string of the molecule is CN(C1COC1)C(C)(C)/C=C/C(N)=O. The maximum atomic E-state index is 10.6. The molecule has 2 N–H and O–H groups in total. The zero-order chi connectivity index (χ0) is 10.8. The third-order valence-corrected chi connectivity index (χ3v) is 2.73. The maximum absolute atomic E-state index is 10.6. The molecule has 0 aromatic rings. The van der Waals surface area contributed by atoms with Crippen molar-refractivity contribution in [1.82, 2.24) is 4.90 Å². The first-order valence-electron chi connectivity index (χ1n) is 4.73. The van der Waals surface area contributed by atoms with Crippen LogP contribution >= 0.6 is 0 Å². The van der Waals surface area contributed by atoms with E-state index in [1.54, 1.807) is 0 Å². The molecule has 80 valence electrons. The molecule has 0 bridgehead atoms. The van der Waals surface area contributed by atoms with Crippen molar-refractivity contribution in [2.24, 2.45) is 5.73 Å². The van der Waals surface area contributed by atoms with Crippen molar-refractivity contribution < 1.29 is 9.53 Å². The van der Waals surface area contributed by atoms with Crippen LogP contribution in [-0.2, 0) is 9.53 Å². The zero-order valence-electron chi connectivity index (χ0n) is 8.99. The van der Waals surface area contributed by atoms with Crippen molar-refractivity contribution in [1.29, 1.82) is 0 Å². The van der Waals surface area contributed by atoms with Crippen molar-refractivity contribution in [2.45, 2.75) is 25.4 Å². The van der Waals surface area contributed by atoms with Crippen LogP contribution in [0.2, 0.25) is 0 Å². The highest BCUT2D eigenvalue weighted by Gasteiger charge is 2.31. The van der Waals surface area contributed by atoms with Crippen LogP contribution < -0.4 is 5.73 Å². The van der Waals surface area contributed by atoms with Gasteiger partial charge in [-0.25, -0.2) is 0 Å². The monoisotopic (exact) mass is 198 g/mol. The number of ether oxygens (including phenoxy) is 1. The molecule has 1 rings (SSSR count). The Morgan fingerprint density at radius 3 is 2.50 bits per heavy atom. The highest BCUT2D eigenvalue weighted by Crippen LogP contribution is 2.21. The average molecular weight is 198 g/mol. The summed E-state index contributed by atoms with van der Waals surface area (Å²) in [5.74, 6) is -0.406. The van der Waals surface area contributed by atoms with Gasteiger partial charge in [0.1, 0.15) is 0 Å². The summed E-state index contributed by atoms with van der Waals surface area (Å²) in [4.78, 5) is 12.8. The Kier molecular flexibility index (Phi) is 3.29. The van der Waals surface area contributed by atoms with E-state index in [1.165, 1.54) is 6.08 Å². The van der Waals surface area contributed by atoms with Gasteiger partial charge in [0.15, 0.2) is 0 Å². The fourth-order valence-electron chi connectivity index (χ4n) is 1.32. The van der Waals surface area contributed by atoms with Gasteiger partial charge in [-0.1, -0.05) is 6.08 Å². The number of hydrogen-bond acceptors (Lipinski definition) is 3. The number of carbonyl (C=O) groups is 1. The Balaban J connectivity index is 2.57. The van der Waals surface area contributed by atoms with Gasteiger partial charge in [-0.3, -0.25) is 9.69 Å². The van der Waals surface area contributed by atoms with E-state index in [0.29, 0.717) is 6.04 Å². The lowest BCUT2D eigenvalue weighted by Gasteiger charge is -2.43. The number of primary amides is 1. The third-order valence-electron chi connectivity index (χ3n) is 2.73. The zero-order valence-corrected chi connectivity index (χ0v) is 8.99. The van der Waals surface area contributed by atoms with Gasteiger partial charge >= 0.3 is 0 Å². The predicted octanol–water partition coefficient (Wildman–Crippen LogP) is 0.137. The van der Waals surface area contributed by atoms with Crippen molar-refractivity contribution in [3.05, 3.63) is 12.2 Å². The summed E-state index contributed by atoms with van der Waals surface area (Å²) in [6, 6.07) is 0.447. The van der Waals surface area contributed by atoms with E-state index in [2.05, 4.69) is 4.90 Å². The molecule has 1 fully saturated rings. The number of nitrogens with zero attached hydrogens (tertiary/aromatic N) is 1.